The third-order valence-electron chi connectivity index (χ3n) is 2.87. The Balaban J connectivity index is 0.00000361. The molecule has 114 valence electrons. The van der Waals surface area contributed by atoms with E-state index in [-0.39, 0.29) is 23.9 Å². The molecule has 0 saturated heterocycles. The van der Waals surface area contributed by atoms with Gasteiger partial charge in [0.25, 0.3) is 0 Å². The molecule has 1 rings (SSSR count). The summed E-state index contributed by atoms with van der Waals surface area (Å²) in [5.41, 5.74) is 1.01. The second kappa shape index (κ2) is 9.37. The van der Waals surface area contributed by atoms with Gasteiger partial charge >= 0.3 is 0 Å². The summed E-state index contributed by atoms with van der Waals surface area (Å²) in [7, 11) is 1.90. The lowest BCUT2D eigenvalue weighted by atomic mass is 9.94. The summed E-state index contributed by atoms with van der Waals surface area (Å²) in [6, 6.07) is 8.22. The standard InChI is InChI=1S/C15H23BrN2O.ClH/c1-15(2,18-14(19)5-4-10-17-3)11-12-6-8-13(16)9-7-12;/h6-9,17H,4-5,10-11H2,1-3H3,(H,18,19);1H. The summed E-state index contributed by atoms with van der Waals surface area (Å²) in [4.78, 5) is 11.8. The number of nitrogens with one attached hydrogen (secondary N) is 2. The van der Waals surface area contributed by atoms with Gasteiger partial charge in [0.2, 0.25) is 5.91 Å². The van der Waals surface area contributed by atoms with Gasteiger partial charge in [-0.15, -0.1) is 12.4 Å². The summed E-state index contributed by atoms with van der Waals surface area (Å²) in [6.45, 7) is 5.00. The summed E-state index contributed by atoms with van der Waals surface area (Å²) in [5, 5.41) is 6.15. The number of halogens is 2. The molecule has 0 unspecified atom stereocenters. The van der Waals surface area contributed by atoms with Gasteiger partial charge in [-0.2, -0.15) is 0 Å². The zero-order valence-corrected chi connectivity index (χ0v) is 14.7. The van der Waals surface area contributed by atoms with Crippen molar-refractivity contribution in [2.45, 2.75) is 38.6 Å². The number of amides is 1. The van der Waals surface area contributed by atoms with Gasteiger partial charge in [0.15, 0.2) is 0 Å². The zero-order valence-electron chi connectivity index (χ0n) is 12.3. The Morgan fingerprint density at radius 3 is 2.40 bits per heavy atom. The summed E-state index contributed by atoms with van der Waals surface area (Å²) in [5.74, 6) is 0.123. The number of carbonyl (C=O) groups is 1. The SMILES string of the molecule is CNCCCC(=O)NC(C)(C)Cc1ccc(Br)cc1.Cl. The fraction of sp³-hybridized carbons (Fsp3) is 0.533. The van der Waals surface area contributed by atoms with Gasteiger partial charge in [0, 0.05) is 16.4 Å². The van der Waals surface area contributed by atoms with Crippen LogP contribution >= 0.6 is 28.3 Å². The van der Waals surface area contributed by atoms with Crippen LogP contribution < -0.4 is 10.6 Å². The Kier molecular flexibility index (Phi) is 9.10. The van der Waals surface area contributed by atoms with Crippen LogP contribution in [0.4, 0.5) is 0 Å². The minimum Gasteiger partial charge on any atom is -0.351 e. The topological polar surface area (TPSA) is 41.1 Å². The highest BCUT2D eigenvalue weighted by Crippen LogP contribution is 2.16. The first-order valence-electron chi connectivity index (χ1n) is 6.63. The van der Waals surface area contributed by atoms with E-state index in [0.717, 1.165) is 23.9 Å². The minimum atomic E-state index is -0.218. The van der Waals surface area contributed by atoms with E-state index in [2.05, 4.69) is 52.5 Å². The van der Waals surface area contributed by atoms with Crippen molar-refractivity contribution in [3.8, 4) is 0 Å². The van der Waals surface area contributed by atoms with E-state index >= 15 is 0 Å². The lowest BCUT2D eigenvalue weighted by Gasteiger charge is -2.26. The van der Waals surface area contributed by atoms with Crippen molar-refractivity contribution in [2.24, 2.45) is 0 Å². The Labute approximate surface area is 136 Å². The molecule has 0 aliphatic heterocycles. The van der Waals surface area contributed by atoms with Crippen molar-refractivity contribution >= 4 is 34.2 Å². The highest BCUT2D eigenvalue weighted by atomic mass is 79.9. The molecule has 0 heterocycles. The van der Waals surface area contributed by atoms with E-state index in [1.807, 2.05) is 19.2 Å². The monoisotopic (exact) mass is 362 g/mol. The van der Waals surface area contributed by atoms with E-state index in [0.29, 0.717) is 6.42 Å². The molecule has 0 fully saturated rings. The Morgan fingerprint density at radius 2 is 1.85 bits per heavy atom. The molecule has 0 saturated carbocycles. The fourth-order valence-corrected chi connectivity index (χ4v) is 2.29. The van der Waals surface area contributed by atoms with E-state index in [4.69, 9.17) is 0 Å². The summed E-state index contributed by atoms with van der Waals surface area (Å²) >= 11 is 3.42. The molecule has 0 aliphatic rings. The summed E-state index contributed by atoms with van der Waals surface area (Å²) in [6.07, 6.45) is 2.28. The second-order valence-electron chi connectivity index (χ2n) is 5.44. The summed E-state index contributed by atoms with van der Waals surface area (Å²) < 4.78 is 1.07. The predicted octanol–water partition coefficient (Wildman–Crippen LogP) is 3.31. The first kappa shape index (κ1) is 19.4. The molecule has 0 bridgehead atoms. The molecule has 0 aromatic heterocycles. The highest BCUT2D eigenvalue weighted by Gasteiger charge is 2.20. The maximum absolute atomic E-state index is 11.8. The number of benzene rings is 1. The average Bonchev–Trinajstić information content (AvgIpc) is 2.31. The van der Waals surface area contributed by atoms with Crippen LogP contribution in [0.5, 0.6) is 0 Å². The van der Waals surface area contributed by atoms with Crippen LogP contribution in [0.25, 0.3) is 0 Å². The van der Waals surface area contributed by atoms with E-state index in [1.165, 1.54) is 5.56 Å². The molecule has 0 atom stereocenters. The van der Waals surface area contributed by atoms with Crippen LogP contribution in [0, 0.1) is 0 Å². The predicted molar refractivity (Wildman–Crippen MR) is 90.5 cm³/mol. The molecule has 0 spiro atoms. The van der Waals surface area contributed by atoms with Gasteiger partial charge in [0.05, 0.1) is 0 Å². The first-order valence-corrected chi connectivity index (χ1v) is 7.42. The number of carbonyl (C=O) groups excluding carboxylic acids is 1. The lowest BCUT2D eigenvalue weighted by molar-refractivity contribution is -0.122. The largest absolute Gasteiger partial charge is 0.351 e. The zero-order chi connectivity index (χ0) is 14.3. The highest BCUT2D eigenvalue weighted by molar-refractivity contribution is 9.10. The molecule has 1 amide bonds. The number of rotatable bonds is 7. The van der Waals surface area contributed by atoms with Crippen molar-refractivity contribution < 1.29 is 4.79 Å². The van der Waals surface area contributed by atoms with Crippen molar-refractivity contribution in [3.63, 3.8) is 0 Å². The molecule has 3 nitrogen and oxygen atoms in total. The van der Waals surface area contributed by atoms with E-state index < -0.39 is 0 Å². The second-order valence-corrected chi connectivity index (χ2v) is 6.36. The first-order chi connectivity index (χ1) is 8.93. The quantitative estimate of drug-likeness (QED) is 0.730. The van der Waals surface area contributed by atoms with Gasteiger partial charge in [-0.05, 0) is 58.0 Å². The molecular weight excluding hydrogens is 340 g/mol. The smallest absolute Gasteiger partial charge is 0.220 e. The van der Waals surface area contributed by atoms with Gasteiger partial charge in [-0.25, -0.2) is 0 Å². The maximum Gasteiger partial charge on any atom is 0.220 e. The Morgan fingerprint density at radius 1 is 1.25 bits per heavy atom. The fourth-order valence-electron chi connectivity index (χ4n) is 2.02. The van der Waals surface area contributed by atoms with Gasteiger partial charge in [-0.3, -0.25) is 4.79 Å². The Hall–Kier alpha value is -0.580. The molecule has 0 radical (unpaired) electrons. The lowest BCUT2D eigenvalue weighted by Crippen LogP contribution is -2.45. The molecule has 5 heteroatoms. The third-order valence-corrected chi connectivity index (χ3v) is 3.40. The van der Waals surface area contributed by atoms with Gasteiger partial charge in [-0.1, -0.05) is 28.1 Å². The molecular formula is C15H24BrClN2O. The van der Waals surface area contributed by atoms with Crippen LogP contribution in [0.3, 0.4) is 0 Å². The molecule has 1 aromatic carbocycles. The van der Waals surface area contributed by atoms with Crippen molar-refractivity contribution in [1.29, 1.82) is 0 Å². The van der Waals surface area contributed by atoms with Crippen molar-refractivity contribution in [3.05, 3.63) is 34.3 Å². The van der Waals surface area contributed by atoms with E-state index in [1.54, 1.807) is 0 Å². The number of hydrogen-bond acceptors (Lipinski definition) is 2. The maximum atomic E-state index is 11.8. The van der Waals surface area contributed by atoms with Crippen LogP contribution in [-0.2, 0) is 11.2 Å². The van der Waals surface area contributed by atoms with Crippen LogP contribution in [-0.4, -0.2) is 25.0 Å². The van der Waals surface area contributed by atoms with Gasteiger partial charge < -0.3 is 10.6 Å². The van der Waals surface area contributed by atoms with Gasteiger partial charge in [0.1, 0.15) is 0 Å². The average molecular weight is 364 g/mol. The van der Waals surface area contributed by atoms with Crippen LogP contribution in [0.15, 0.2) is 28.7 Å². The third kappa shape index (κ3) is 7.88. The molecule has 0 aliphatic carbocycles. The Bertz CT molecular complexity index is 407. The minimum absolute atomic E-state index is 0. The number of hydrogen-bond donors (Lipinski definition) is 2. The van der Waals surface area contributed by atoms with E-state index in [9.17, 15) is 4.79 Å². The van der Waals surface area contributed by atoms with Crippen molar-refractivity contribution in [2.75, 3.05) is 13.6 Å². The van der Waals surface area contributed by atoms with Crippen molar-refractivity contribution in [1.82, 2.24) is 10.6 Å². The normalized spacial score (nSPS) is 10.8. The molecule has 1 aromatic rings. The van der Waals surface area contributed by atoms with Crippen LogP contribution in [0.1, 0.15) is 32.3 Å². The molecule has 20 heavy (non-hydrogen) atoms. The molecule has 2 N–H and O–H groups in total. The van der Waals surface area contributed by atoms with Crippen LogP contribution in [0.2, 0.25) is 0 Å².